The zero-order valence-electron chi connectivity index (χ0n) is 20.5. The van der Waals surface area contributed by atoms with Crippen molar-refractivity contribution in [2.45, 2.75) is 67.7 Å². The van der Waals surface area contributed by atoms with E-state index in [1.807, 2.05) is 6.92 Å². The van der Waals surface area contributed by atoms with Gasteiger partial charge in [0.15, 0.2) is 33.8 Å². The number of aliphatic hydroxyl groups excluding tert-OH is 2. The number of aromatic nitrogens is 5. The second-order valence-electron chi connectivity index (χ2n) is 9.34. The number of anilines is 1. The molecule has 2 fully saturated rings. The summed E-state index contributed by atoms with van der Waals surface area (Å²) in [4.78, 5) is 19.6. The van der Waals surface area contributed by atoms with Crippen molar-refractivity contribution in [3.63, 3.8) is 0 Å². The maximum atomic E-state index is 13.7. The summed E-state index contributed by atoms with van der Waals surface area (Å²) in [5, 5.41) is 33.7. The molecule has 2 heterocycles. The Balaban J connectivity index is 1.39. The minimum Gasteiger partial charge on any atom is -0.465 e. The highest BCUT2D eigenvalue weighted by molar-refractivity contribution is 7.99. The van der Waals surface area contributed by atoms with Gasteiger partial charge >= 0.3 is 0 Å². The Morgan fingerprint density at radius 3 is 2.79 bits per heavy atom. The summed E-state index contributed by atoms with van der Waals surface area (Å²) in [5.41, 5.74) is 1.49. The summed E-state index contributed by atoms with van der Waals surface area (Å²) in [6.45, 7) is 2.47. The Morgan fingerprint density at radius 2 is 2.03 bits per heavy atom. The topological polar surface area (TPSA) is 145 Å². The largest absolute Gasteiger partial charge is 0.465 e. The SMILES string of the molecule is CCCSc1nc(N[C@@H]2C[C@H]2c2ccc(F)c(F)c2)c2nnn([C@@H]3C[C@H](OCCOC=O)[C@@H](O)[C@H]3O)c2n1. The van der Waals surface area contributed by atoms with Crippen molar-refractivity contribution >= 4 is 35.2 Å². The number of halogens is 2. The number of benzene rings is 1. The Morgan fingerprint density at radius 1 is 1.18 bits per heavy atom. The number of nitrogens with one attached hydrogen (secondary N) is 1. The van der Waals surface area contributed by atoms with Crippen LogP contribution >= 0.6 is 11.8 Å². The molecule has 204 valence electrons. The number of rotatable bonds is 12. The zero-order valence-corrected chi connectivity index (χ0v) is 21.4. The number of nitrogens with zero attached hydrogens (tertiary/aromatic N) is 5. The van der Waals surface area contributed by atoms with Crippen LogP contribution in [-0.2, 0) is 14.3 Å². The van der Waals surface area contributed by atoms with Crippen LogP contribution in [0.15, 0.2) is 23.4 Å². The Bertz CT molecular complexity index is 1300. The normalized spacial score (nSPS) is 26.6. The molecule has 5 rings (SSSR count). The highest BCUT2D eigenvalue weighted by Crippen LogP contribution is 2.44. The molecular formula is C24H28F2N6O5S. The number of aliphatic hydroxyl groups is 2. The standard InChI is InChI=1S/C24H28F2N6O5S/c1-2-7-38-24-28-22(27-16-9-13(16)12-3-4-14(25)15(26)8-12)19-23(29-24)32(31-30-19)17-10-18(21(35)20(17)34)37-6-5-36-11-33/h3-4,8,11,13,16-18,20-21,34-35H,2,5-7,9-10H2,1H3,(H,27,28,29)/t13-,16+,17+,18-,20-,21+/m0/s1. The third kappa shape index (κ3) is 5.44. The molecule has 0 aliphatic heterocycles. The van der Waals surface area contributed by atoms with Crippen molar-refractivity contribution in [1.82, 2.24) is 25.0 Å². The van der Waals surface area contributed by atoms with Crippen molar-refractivity contribution < 1.29 is 33.3 Å². The Hall–Kier alpha value is -2.94. The van der Waals surface area contributed by atoms with Gasteiger partial charge in [0.25, 0.3) is 6.47 Å². The predicted octanol–water partition coefficient (Wildman–Crippen LogP) is 2.19. The number of ether oxygens (including phenoxy) is 2. The van der Waals surface area contributed by atoms with Gasteiger partial charge < -0.3 is 25.0 Å². The molecule has 38 heavy (non-hydrogen) atoms. The molecule has 6 atom stereocenters. The second-order valence-corrected chi connectivity index (χ2v) is 10.4. The maximum absolute atomic E-state index is 13.7. The Kier molecular flexibility index (Phi) is 8.02. The first-order valence-corrected chi connectivity index (χ1v) is 13.4. The smallest absolute Gasteiger partial charge is 0.293 e. The molecule has 0 spiro atoms. The lowest BCUT2D eigenvalue weighted by Gasteiger charge is -2.17. The van der Waals surface area contributed by atoms with E-state index in [2.05, 4.69) is 30.3 Å². The van der Waals surface area contributed by atoms with Gasteiger partial charge in [-0.05, 0) is 30.5 Å². The van der Waals surface area contributed by atoms with Crippen LogP contribution < -0.4 is 5.32 Å². The molecule has 11 nitrogen and oxygen atoms in total. The molecule has 2 aliphatic rings. The quantitative estimate of drug-likeness (QED) is 0.132. The molecule has 14 heteroatoms. The first kappa shape index (κ1) is 26.7. The molecule has 0 unspecified atom stereocenters. The van der Waals surface area contributed by atoms with E-state index in [1.54, 1.807) is 6.07 Å². The number of hydrogen-bond donors (Lipinski definition) is 3. The molecule has 2 saturated carbocycles. The van der Waals surface area contributed by atoms with Crippen LogP contribution in [0.1, 0.15) is 43.7 Å². The molecule has 2 aliphatic carbocycles. The molecular weight excluding hydrogens is 522 g/mol. The van der Waals surface area contributed by atoms with Gasteiger partial charge in [-0.3, -0.25) is 4.79 Å². The fraction of sp³-hybridized carbons (Fsp3) is 0.542. The molecule has 3 aromatic rings. The van der Waals surface area contributed by atoms with E-state index in [4.69, 9.17) is 4.74 Å². The van der Waals surface area contributed by atoms with Crippen LogP contribution in [0.2, 0.25) is 0 Å². The second kappa shape index (κ2) is 11.4. The third-order valence-electron chi connectivity index (χ3n) is 6.74. The highest BCUT2D eigenvalue weighted by atomic mass is 32.2. The van der Waals surface area contributed by atoms with Crippen molar-refractivity contribution in [3.05, 3.63) is 35.4 Å². The van der Waals surface area contributed by atoms with E-state index >= 15 is 0 Å². The van der Waals surface area contributed by atoms with E-state index in [0.717, 1.165) is 18.2 Å². The predicted molar refractivity (Wildman–Crippen MR) is 133 cm³/mol. The average Bonchev–Trinajstić information content (AvgIpc) is 3.46. The van der Waals surface area contributed by atoms with Gasteiger partial charge in [0.2, 0.25) is 0 Å². The van der Waals surface area contributed by atoms with Gasteiger partial charge in [-0.25, -0.2) is 23.4 Å². The molecule has 0 amide bonds. The van der Waals surface area contributed by atoms with Crippen molar-refractivity contribution in [2.24, 2.45) is 0 Å². The lowest BCUT2D eigenvalue weighted by Crippen LogP contribution is -2.33. The summed E-state index contributed by atoms with van der Waals surface area (Å²) < 4.78 is 38.8. The van der Waals surface area contributed by atoms with Gasteiger partial charge in [-0.15, -0.1) is 5.10 Å². The molecule has 0 bridgehead atoms. The lowest BCUT2D eigenvalue weighted by atomic mass is 10.1. The van der Waals surface area contributed by atoms with Crippen LogP contribution in [0, 0.1) is 11.6 Å². The first-order chi connectivity index (χ1) is 18.4. The molecule has 0 saturated heterocycles. The van der Waals surface area contributed by atoms with E-state index in [1.165, 1.54) is 22.5 Å². The number of carbonyl (C=O) groups is 1. The summed E-state index contributed by atoms with van der Waals surface area (Å²) in [6.07, 6.45) is -1.19. The summed E-state index contributed by atoms with van der Waals surface area (Å²) in [5.74, 6) is -0.523. The van der Waals surface area contributed by atoms with Crippen LogP contribution in [-0.4, -0.2) is 85.0 Å². The van der Waals surface area contributed by atoms with E-state index in [0.29, 0.717) is 40.6 Å². The molecule has 2 aromatic heterocycles. The summed E-state index contributed by atoms with van der Waals surface area (Å²) in [7, 11) is 0. The van der Waals surface area contributed by atoms with Crippen LogP contribution in [0.5, 0.6) is 0 Å². The van der Waals surface area contributed by atoms with E-state index in [-0.39, 0.29) is 31.6 Å². The van der Waals surface area contributed by atoms with Crippen molar-refractivity contribution in [1.29, 1.82) is 0 Å². The van der Waals surface area contributed by atoms with Gasteiger partial charge in [-0.1, -0.05) is 30.0 Å². The average molecular weight is 551 g/mol. The lowest BCUT2D eigenvalue weighted by molar-refractivity contribution is -0.132. The summed E-state index contributed by atoms with van der Waals surface area (Å²) >= 11 is 1.47. The van der Waals surface area contributed by atoms with Gasteiger partial charge in [0.05, 0.1) is 18.8 Å². The van der Waals surface area contributed by atoms with Crippen LogP contribution in [0.25, 0.3) is 11.2 Å². The number of fused-ring (bicyclic) bond motifs is 1. The van der Waals surface area contributed by atoms with Crippen LogP contribution in [0.3, 0.4) is 0 Å². The Labute approximate surface area is 220 Å². The van der Waals surface area contributed by atoms with Crippen molar-refractivity contribution in [2.75, 3.05) is 24.3 Å². The molecule has 3 N–H and O–H groups in total. The van der Waals surface area contributed by atoms with E-state index < -0.39 is 36.0 Å². The minimum absolute atomic E-state index is 0.00944. The van der Waals surface area contributed by atoms with E-state index in [9.17, 15) is 23.8 Å². The summed E-state index contributed by atoms with van der Waals surface area (Å²) in [6, 6.07) is 3.20. The third-order valence-corrected chi connectivity index (χ3v) is 7.79. The van der Waals surface area contributed by atoms with Gasteiger partial charge in [0.1, 0.15) is 18.8 Å². The fourth-order valence-corrected chi connectivity index (χ4v) is 5.40. The van der Waals surface area contributed by atoms with Gasteiger partial charge in [-0.2, -0.15) is 0 Å². The zero-order chi connectivity index (χ0) is 26.8. The first-order valence-electron chi connectivity index (χ1n) is 12.4. The molecule has 0 radical (unpaired) electrons. The minimum atomic E-state index is -1.18. The monoisotopic (exact) mass is 550 g/mol. The number of thioether (sulfide) groups is 1. The fourth-order valence-electron chi connectivity index (χ4n) is 4.70. The molecule has 1 aromatic carbocycles. The number of carbonyl (C=O) groups excluding carboxylic acids is 1. The number of hydrogen-bond acceptors (Lipinski definition) is 11. The van der Waals surface area contributed by atoms with Crippen LogP contribution in [0.4, 0.5) is 14.6 Å². The maximum Gasteiger partial charge on any atom is 0.293 e. The van der Waals surface area contributed by atoms with Crippen molar-refractivity contribution in [3.8, 4) is 0 Å². The highest BCUT2D eigenvalue weighted by Gasteiger charge is 2.45. The van der Waals surface area contributed by atoms with Gasteiger partial charge in [0, 0.05) is 24.1 Å².